The molecule has 7 nitrogen and oxygen atoms in total. The van der Waals surface area contributed by atoms with Crippen LogP contribution in [0.5, 0.6) is 5.75 Å². The maximum atomic E-state index is 13.4. The fraction of sp³-hybridized carbons (Fsp3) is 0.286. The maximum absolute atomic E-state index is 13.4. The van der Waals surface area contributed by atoms with Gasteiger partial charge in [-0.2, -0.15) is 0 Å². The quantitative estimate of drug-likeness (QED) is 0.438. The summed E-state index contributed by atoms with van der Waals surface area (Å²) in [6, 6.07) is 19.5. The van der Waals surface area contributed by atoms with E-state index in [4.69, 9.17) is 4.74 Å². The molecule has 4 aromatic rings. The van der Waals surface area contributed by atoms with Crippen molar-refractivity contribution >= 4 is 27.9 Å². The first kappa shape index (κ1) is 22.9. The summed E-state index contributed by atoms with van der Waals surface area (Å²) in [6.45, 7) is 3.13. The van der Waals surface area contributed by atoms with Crippen LogP contribution in [0.4, 0.5) is 0 Å². The second-order valence-corrected chi connectivity index (χ2v) is 10.8. The first-order valence-corrected chi connectivity index (χ1v) is 13.5. The van der Waals surface area contributed by atoms with Crippen molar-refractivity contribution in [1.82, 2.24) is 19.2 Å². The Morgan fingerprint density at radius 2 is 1.69 bits per heavy atom. The number of piperidine rings is 1. The monoisotopic (exact) mass is 500 g/mol. The number of hydrogen-bond donors (Lipinski definition) is 1. The van der Waals surface area contributed by atoms with Crippen LogP contribution in [0.3, 0.4) is 0 Å². The number of amides is 1. The standard InChI is InChI=1S/C28H28N4O3S/c33-28(20-4-8-24(9-5-20)36(34)32-12-2-1-3-13-32)31-14-15-35-27-11-7-21(16-23(27)18-31)22-6-10-25-26(17-22)30-19-29-25/h4-11,16-17,19H,1-3,12-15,18H2,(H,29,30). The molecule has 8 heteroatoms. The molecule has 1 unspecified atom stereocenters. The normalized spacial score (nSPS) is 17.3. The largest absolute Gasteiger partial charge is 0.491 e. The molecular weight excluding hydrogens is 472 g/mol. The molecule has 2 aliphatic heterocycles. The van der Waals surface area contributed by atoms with Crippen LogP contribution in [0.2, 0.25) is 0 Å². The van der Waals surface area contributed by atoms with Crippen molar-refractivity contribution in [2.24, 2.45) is 0 Å². The fourth-order valence-electron chi connectivity index (χ4n) is 4.94. The van der Waals surface area contributed by atoms with Gasteiger partial charge in [-0.3, -0.25) is 4.79 Å². The van der Waals surface area contributed by atoms with Gasteiger partial charge < -0.3 is 14.6 Å². The lowest BCUT2D eigenvalue weighted by atomic mass is 10.0. The number of nitrogens with one attached hydrogen (secondary N) is 1. The van der Waals surface area contributed by atoms with E-state index in [-0.39, 0.29) is 5.91 Å². The Balaban J connectivity index is 1.21. The molecule has 1 fully saturated rings. The lowest BCUT2D eigenvalue weighted by molar-refractivity contribution is 0.0733. The third kappa shape index (κ3) is 4.54. The summed E-state index contributed by atoms with van der Waals surface area (Å²) in [6.07, 6.45) is 5.06. The maximum Gasteiger partial charge on any atom is 0.254 e. The molecule has 184 valence electrons. The van der Waals surface area contributed by atoms with Gasteiger partial charge in [-0.15, -0.1) is 0 Å². The van der Waals surface area contributed by atoms with Crippen molar-refractivity contribution in [2.45, 2.75) is 30.7 Å². The average Bonchev–Trinajstić information content (AvgIpc) is 3.30. The SMILES string of the molecule is O=C(c1ccc(S(=O)N2CCCCC2)cc1)N1CCOc2ccc(-c3ccc4nc[nH]c4c3)cc2C1. The Bertz CT molecular complexity index is 1430. The van der Waals surface area contributed by atoms with Crippen molar-refractivity contribution in [2.75, 3.05) is 26.2 Å². The van der Waals surface area contributed by atoms with Crippen molar-refractivity contribution in [1.29, 1.82) is 0 Å². The zero-order valence-electron chi connectivity index (χ0n) is 20.0. The summed E-state index contributed by atoms with van der Waals surface area (Å²) in [7, 11) is -1.17. The van der Waals surface area contributed by atoms with Gasteiger partial charge in [0.1, 0.15) is 23.3 Å². The first-order chi connectivity index (χ1) is 17.7. The number of imidazole rings is 1. The van der Waals surface area contributed by atoms with Crippen LogP contribution in [-0.4, -0.2) is 55.5 Å². The topological polar surface area (TPSA) is 78.5 Å². The van der Waals surface area contributed by atoms with Crippen LogP contribution >= 0.6 is 0 Å². The minimum atomic E-state index is -1.17. The molecule has 1 N–H and O–H groups in total. The minimum Gasteiger partial charge on any atom is -0.491 e. The summed E-state index contributed by atoms with van der Waals surface area (Å²) in [5.41, 5.74) is 5.63. The van der Waals surface area contributed by atoms with E-state index in [1.807, 2.05) is 33.5 Å². The highest BCUT2D eigenvalue weighted by molar-refractivity contribution is 7.82. The number of ether oxygens (including phenoxy) is 1. The molecule has 1 aromatic heterocycles. The first-order valence-electron chi connectivity index (χ1n) is 12.4. The van der Waals surface area contributed by atoms with Crippen LogP contribution in [0, 0.1) is 0 Å². The molecule has 0 bridgehead atoms. The number of hydrogen-bond acceptors (Lipinski definition) is 4. The second kappa shape index (κ2) is 9.87. The van der Waals surface area contributed by atoms with E-state index in [1.165, 1.54) is 6.42 Å². The van der Waals surface area contributed by atoms with Gasteiger partial charge in [-0.25, -0.2) is 13.5 Å². The van der Waals surface area contributed by atoms with Crippen molar-refractivity contribution in [3.63, 3.8) is 0 Å². The number of H-pyrrole nitrogens is 1. The zero-order chi connectivity index (χ0) is 24.5. The molecule has 2 aliphatic rings. The third-order valence-corrected chi connectivity index (χ3v) is 8.44. The number of carbonyl (C=O) groups is 1. The van der Waals surface area contributed by atoms with Crippen LogP contribution in [0.1, 0.15) is 35.2 Å². The van der Waals surface area contributed by atoms with Crippen LogP contribution in [0.25, 0.3) is 22.2 Å². The molecule has 0 saturated carbocycles. The molecule has 0 aliphatic carbocycles. The Morgan fingerprint density at radius 1 is 0.917 bits per heavy atom. The molecule has 0 spiro atoms. The lowest BCUT2D eigenvalue weighted by Gasteiger charge is -2.25. The predicted molar refractivity (Wildman–Crippen MR) is 140 cm³/mol. The van der Waals surface area contributed by atoms with Crippen molar-refractivity contribution in [3.05, 3.63) is 78.1 Å². The van der Waals surface area contributed by atoms with Crippen LogP contribution < -0.4 is 4.74 Å². The van der Waals surface area contributed by atoms with Crippen LogP contribution in [-0.2, 0) is 17.5 Å². The van der Waals surface area contributed by atoms with Gasteiger partial charge in [0, 0.05) is 30.8 Å². The van der Waals surface area contributed by atoms with E-state index in [2.05, 4.69) is 34.2 Å². The van der Waals surface area contributed by atoms with Gasteiger partial charge in [-0.05, 0) is 72.5 Å². The molecule has 1 atom stereocenters. The van der Waals surface area contributed by atoms with Gasteiger partial charge in [-0.1, -0.05) is 18.6 Å². The van der Waals surface area contributed by atoms with E-state index in [0.717, 1.165) is 64.3 Å². The lowest BCUT2D eigenvalue weighted by Crippen LogP contribution is -2.33. The highest BCUT2D eigenvalue weighted by atomic mass is 32.2. The van der Waals surface area contributed by atoms with E-state index in [1.54, 1.807) is 18.5 Å². The van der Waals surface area contributed by atoms with Gasteiger partial charge in [0.25, 0.3) is 5.91 Å². The summed E-state index contributed by atoms with van der Waals surface area (Å²) < 4.78 is 20.9. The summed E-state index contributed by atoms with van der Waals surface area (Å²) >= 11 is 0. The smallest absolute Gasteiger partial charge is 0.254 e. The molecular formula is C28H28N4O3S. The number of fused-ring (bicyclic) bond motifs is 2. The van der Waals surface area contributed by atoms with E-state index >= 15 is 0 Å². The molecule has 3 heterocycles. The van der Waals surface area contributed by atoms with E-state index in [0.29, 0.717) is 25.3 Å². The van der Waals surface area contributed by atoms with E-state index < -0.39 is 11.0 Å². The van der Waals surface area contributed by atoms with Gasteiger partial charge in [0.05, 0.1) is 28.8 Å². The number of benzene rings is 3. The number of aromatic nitrogens is 2. The number of aromatic amines is 1. The number of carbonyl (C=O) groups excluding carboxylic acids is 1. The minimum absolute atomic E-state index is 0.0500. The third-order valence-electron chi connectivity index (χ3n) is 6.93. The highest BCUT2D eigenvalue weighted by Gasteiger charge is 2.23. The second-order valence-electron chi connectivity index (χ2n) is 9.30. The van der Waals surface area contributed by atoms with E-state index in [9.17, 15) is 9.00 Å². The predicted octanol–water partition coefficient (Wildman–Crippen LogP) is 4.77. The Hall–Kier alpha value is -3.49. The molecule has 1 saturated heterocycles. The zero-order valence-corrected chi connectivity index (χ0v) is 20.8. The molecule has 6 rings (SSSR count). The summed E-state index contributed by atoms with van der Waals surface area (Å²) in [4.78, 5) is 23.4. The summed E-state index contributed by atoms with van der Waals surface area (Å²) in [5.74, 6) is 0.759. The molecule has 36 heavy (non-hydrogen) atoms. The molecule has 0 radical (unpaired) electrons. The van der Waals surface area contributed by atoms with Gasteiger partial charge in [0.2, 0.25) is 0 Å². The van der Waals surface area contributed by atoms with Crippen molar-refractivity contribution in [3.8, 4) is 16.9 Å². The van der Waals surface area contributed by atoms with Crippen LogP contribution in [0.15, 0.2) is 71.9 Å². The number of rotatable bonds is 4. The number of nitrogens with zero attached hydrogens (tertiary/aromatic N) is 3. The highest BCUT2D eigenvalue weighted by Crippen LogP contribution is 2.31. The Kier molecular flexibility index (Phi) is 6.29. The molecule has 3 aromatic carbocycles. The van der Waals surface area contributed by atoms with Crippen molar-refractivity contribution < 1.29 is 13.7 Å². The fourth-order valence-corrected chi connectivity index (χ4v) is 6.20. The molecule has 1 amide bonds. The summed E-state index contributed by atoms with van der Waals surface area (Å²) in [5, 5.41) is 0. The Labute approximate surface area is 212 Å². The van der Waals surface area contributed by atoms with Gasteiger partial charge >= 0.3 is 0 Å². The Morgan fingerprint density at radius 3 is 2.53 bits per heavy atom. The average molecular weight is 501 g/mol. The van der Waals surface area contributed by atoms with Gasteiger partial charge in [0.15, 0.2) is 0 Å².